The quantitative estimate of drug-likeness (QED) is 0.771. The van der Waals surface area contributed by atoms with E-state index in [9.17, 15) is 0 Å². The van der Waals surface area contributed by atoms with Gasteiger partial charge in [0.1, 0.15) is 5.75 Å². The van der Waals surface area contributed by atoms with Gasteiger partial charge in [-0.1, -0.05) is 23.8 Å². The lowest BCUT2D eigenvalue weighted by Crippen LogP contribution is -1.98. The van der Waals surface area contributed by atoms with E-state index in [0.29, 0.717) is 0 Å². The first-order chi connectivity index (χ1) is 8.22. The van der Waals surface area contributed by atoms with E-state index in [4.69, 9.17) is 16.3 Å². The lowest BCUT2D eigenvalue weighted by atomic mass is 10.0. The maximum Gasteiger partial charge on any atom is 0.123 e. The Bertz CT molecular complexity index is 499. The molecule has 0 fully saturated rings. The number of hydrogen-bond acceptors (Lipinski definition) is 2. The number of pyridine rings is 1. The van der Waals surface area contributed by atoms with Gasteiger partial charge < -0.3 is 4.74 Å². The maximum atomic E-state index is 6.47. The highest BCUT2D eigenvalue weighted by Gasteiger charge is 2.15. The molecule has 1 aromatic heterocycles. The predicted octanol–water partition coefficient (Wildman–Crippen LogP) is 3.73. The maximum absolute atomic E-state index is 6.47. The van der Waals surface area contributed by atoms with Crippen LogP contribution >= 0.6 is 11.6 Å². The van der Waals surface area contributed by atoms with Crippen molar-refractivity contribution in [3.8, 4) is 5.75 Å². The van der Waals surface area contributed by atoms with Crippen molar-refractivity contribution in [2.24, 2.45) is 0 Å². The molecule has 0 bridgehead atoms. The molecular weight excluding hydrogens is 234 g/mol. The zero-order valence-corrected chi connectivity index (χ0v) is 10.6. The van der Waals surface area contributed by atoms with E-state index in [1.54, 1.807) is 19.5 Å². The monoisotopic (exact) mass is 247 g/mol. The van der Waals surface area contributed by atoms with Crippen molar-refractivity contribution in [3.63, 3.8) is 0 Å². The zero-order chi connectivity index (χ0) is 12.3. The minimum absolute atomic E-state index is 0.237. The first kappa shape index (κ1) is 11.9. The first-order valence-corrected chi connectivity index (χ1v) is 5.84. The standard InChI is InChI=1S/C14H14ClNO/c1-10-5-6-13(17-2)12(8-10)14(15)11-4-3-7-16-9-11/h3-9,14H,1-2H3. The van der Waals surface area contributed by atoms with Crippen LogP contribution in [0.15, 0.2) is 42.7 Å². The third-order valence-corrected chi connectivity index (χ3v) is 3.12. The van der Waals surface area contributed by atoms with Crippen LogP contribution in [0.3, 0.4) is 0 Å². The number of ether oxygens (including phenoxy) is 1. The van der Waals surface area contributed by atoms with E-state index in [1.165, 1.54) is 0 Å². The third kappa shape index (κ3) is 2.59. The molecule has 0 amide bonds. The summed E-state index contributed by atoms with van der Waals surface area (Å²) in [6, 6.07) is 9.84. The van der Waals surface area contributed by atoms with Crippen molar-refractivity contribution >= 4 is 11.6 Å². The van der Waals surface area contributed by atoms with Gasteiger partial charge in [-0.3, -0.25) is 4.98 Å². The van der Waals surface area contributed by atoms with Gasteiger partial charge >= 0.3 is 0 Å². The van der Waals surface area contributed by atoms with Gasteiger partial charge in [-0.05, 0) is 24.6 Å². The minimum atomic E-state index is -0.237. The average molecular weight is 248 g/mol. The Balaban J connectivity index is 2.43. The number of aromatic nitrogens is 1. The van der Waals surface area contributed by atoms with Crippen molar-refractivity contribution in [1.29, 1.82) is 0 Å². The highest BCUT2D eigenvalue weighted by Crippen LogP contribution is 2.35. The fourth-order valence-corrected chi connectivity index (χ4v) is 2.06. The summed E-state index contributed by atoms with van der Waals surface area (Å²) in [5.41, 5.74) is 3.11. The van der Waals surface area contributed by atoms with E-state index in [0.717, 1.165) is 22.4 Å². The van der Waals surface area contributed by atoms with Crippen LogP contribution in [0, 0.1) is 6.92 Å². The molecule has 1 aromatic carbocycles. The SMILES string of the molecule is COc1ccc(C)cc1C(Cl)c1cccnc1. The molecule has 2 nitrogen and oxygen atoms in total. The molecule has 3 heteroatoms. The molecule has 17 heavy (non-hydrogen) atoms. The summed E-state index contributed by atoms with van der Waals surface area (Å²) in [5, 5.41) is -0.237. The Morgan fingerprint density at radius 2 is 2.12 bits per heavy atom. The number of halogens is 1. The van der Waals surface area contributed by atoms with Crippen LogP contribution in [-0.2, 0) is 0 Å². The third-order valence-electron chi connectivity index (χ3n) is 2.64. The smallest absolute Gasteiger partial charge is 0.123 e. The Labute approximate surface area is 106 Å². The van der Waals surface area contributed by atoms with Gasteiger partial charge in [-0.25, -0.2) is 0 Å². The van der Waals surface area contributed by atoms with Crippen molar-refractivity contribution in [3.05, 3.63) is 59.4 Å². The van der Waals surface area contributed by atoms with Crippen LogP contribution in [0.4, 0.5) is 0 Å². The predicted molar refractivity (Wildman–Crippen MR) is 69.7 cm³/mol. The largest absolute Gasteiger partial charge is 0.496 e. The Morgan fingerprint density at radius 1 is 1.29 bits per heavy atom. The van der Waals surface area contributed by atoms with Gasteiger partial charge in [0, 0.05) is 18.0 Å². The van der Waals surface area contributed by atoms with Crippen LogP contribution in [0.1, 0.15) is 22.1 Å². The van der Waals surface area contributed by atoms with Crippen LogP contribution in [0.2, 0.25) is 0 Å². The highest BCUT2D eigenvalue weighted by molar-refractivity contribution is 6.22. The summed E-state index contributed by atoms with van der Waals surface area (Å²) in [7, 11) is 1.65. The second kappa shape index (κ2) is 5.19. The van der Waals surface area contributed by atoms with Gasteiger partial charge in [-0.15, -0.1) is 11.6 Å². The summed E-state index contributed by atoms with van der Waals surface area (Å²) in [5.74, 6) is 0.805. The van der Waals surface area contributed by atoms with E-state index in [1.807, 2.05) is 37.3 Å². The lowest BCUT2D eigenvalue weighted by molar-refractivity contribution is 0.410. The fourth-order valence-electron chi connectivity index (χ4n) is 1.76. The number of hydrogen-bond donors (Lipinski definition) is 0. The molecule has 2 aromatic rings. The number of benzene rings is 1. The molecule has 0 radical (unpaired) electrons. The van der Waals surface area contributed by atoms with Crippen LogP contribution in [-0.4, -0.2) is 12.1 Å². The molecule has 1 atom stereocenters. The summed E-state index contributed by atoms with van der Waals surface area (Å²) in [6.45, 7) is 2.04. The Kier molecular flexibility index (Phi) is 3.64. The van der Waals surface area contributed by atoms with E-state index < -0.39 is 0 Å². The number of methoxy groups -OCH3 is 1. The van der Waals surface area contributed by atoms with Crippen molar-refractivity contribution in [1.82, 2.24) is 4.98 Å². The fraction of sp³-hybridized carbons (Fsp3) is 0.214. The number of nitrogens with zero attached hydrogens (tertiary/aromatic N) is 1. The van der Waals surface area contributed by atoms with Crippen LogP contribution in [0.25, 0.3) is 0 Å². The lowest BCUT2D eigenvalue weighted by Gasteiger charge is -2.14. The number of aryl methyl sites for hydroxylation is 1. The minimum Gasteiger partial charge on any atom is -0.496 e. The molecule has 0 saturated carbocycles. The van der Waals surface area contributed by atoms with Gasteiger partial charge in [0.25, 0.3) is 0 Å². The number of rotatable bonds is 3. The molecule has 2 rings (SSSR count). The van der Waals surface area contributed by atoms with Crippen molar-refractivity contribution in [2.45, 2.75) is 12.3 Å². The van der Waals surface area contributed by atoms with Gasteiger partial charge in [0.15, 0.2) is 0 Å². The van der Waals surface area contributed by atoms with Gasteiger partial charge in [0.2, 0.25) is 0 Å². The molecule has 0 spiro atoms. The van der Waals surface area contributed by atoms with Crippen molar-refractivity contribution < 1.29 is 4.74 Å². The topological polar surface area (TPSA) is 22.1 Å². The average Bonchev–Trinajstić information content (AvgIpc) is 2.39. The molecule has 0 N–H and O–H groups in total. The summed E-state index contributed by atoms with van der Waals surface area (Å²) >= 11 is 6.47. The molecule has 0 aliphatic carbocycles. The van der Waals surface area contributed by atoms with E-state index in [-0.39, 0.29) is 5.38 Å². The second-order valence-electron chi connectivity index (χ2n) is 3.89. The molecule has 1 unspecified atom stereocenters. The summed E-state index contributed by atoms with van der Waals surface area (Å²) in [4.78, 5) is 4.08. The molecular formula is C14H14ClNO. The van der Waals surface area contributed by atoms with Crippen LogP contribution < -0.4 is 4.74 Å². The second-order valence-corrected chi connectivity index (χ2v) is 4.33. The van der Waals surface area contributed by atoms with Crippen LogP contribution in [0.5, 0.6) is 5.75 Å². The molecule has 0 saturated heterocycles. The zero-order valence-electron chi connectivity index (χ0n) is 9.85. The van der Waals surface area contributed by atoms with Crippen molar-refractivity contribution in [2.75, 3.05) is 7.11 Å². The van der Waals surface area contributed by atoms with Gasteiger partial charge in [0.05, 0.1) is 12.5 Å². The van der Waals surface area contributed by atoms with E-state index >= 15 is 0 Å². The molecule has 1 heterocycles. The molecule has 0 aliphatic heterocycles. The van der Waals surface area contributed by atoms with Gasteiger partial charge in [-0.2, -0.15) is 0 Å². The number of alkyl halides is 1. The summed E-state index contributed by atoms with van der Waals surface area (Å²) < 4.78 is 5.34. The first-order valence-electron chi connectivity index (χ1n) is 5.41. The Morgan fingerprint density at radius 3 is 2.76 bits per heavy atom. The molecule has 0 aliphatic rings. The summed E-state index contributed by atoms with van der Waals surface area (Å²) in [6.07, 6.45) is 3.51. The van der Waals surface area contributed by atoms with E-state index in [2.05, 4.69) is 4.98 Å². The molecule has 88 valence electrons. The Hall–Kier alpha value is -1.54. The normalized spacial score (nSPS) is 12.2. The highest BCUT2D eigenvalue weighted by atomic mass is 35.5.